The lowest BCUT2D eigenvalue weighted by atomic mass is 10.2. The predicted molar refractivity (Wildman–Crippen MR) is 39.6 cm³/mol. The van der Waals surface area contributed by atoms with Crippen LogP contribution in [-0.4, -0.2) is 34.2 Å². The highest BCUT2D eigenvalue weighted by molar-refractivity contribution is 5.88. The molecule has 0 aliphatic rings. The van der Waals surface area contributed by atoms with E-state index < -0.39 is 30.4 Å². The fourth-order valence-electron chi connectivity index (χ4n) is 0.486. The fourth-order valence-corrected chi connectivity index (χ4v) is 0.486. The molecule has 2 N–H and O–H groups in total. The molecule has 0 aromatic carbocycles. The van der Waals surface area contributed by atoms with Gasteiger partial charge in [-0.1, -0.05) is 6.92 Å². The maximum atomic E-state index is 10.7. The van der Waals surface area contributed by atoms with Crippen molar-refractivity contribution in [3.8, 4) is 0 Å². The summed E-state index contributed by atoms with van der Waals surface area (Å²) >= 11 is 0. The first-order chi connectivity index (χ1) is 5.97. The highest BCUT2D eigenvalue weighted by Crippen LogP contribution is 1.96. The molecule has 13 heavy (non-hydrogen) atoms. The summed E-state index contributed by atoms with van der Waals surface area (Å²) in [7, 11) is 0. The van der Waals surface area contributed by atoms with E-state index in [0.29, 0.717) is 0 Å². The summed E-state index contributed by atoms with van der Waals surface area (Å²) in [5.41, 5.74) is 0. The van der Waals surface area contributed by atoms with E-state index in [-0.39, 0.29) is 6.42 Å². The summed E-state index contributed by atoms with van der Waals surface area (Å²) in [5, 5.41) is 16.9. The van der Waals surface area contributed by atoms with E-state index in [4.69, 9.17) is 10.2 Å². The summed E-state index contributed by atoms with van der Waals surface area (Å²) in [4.78, 5) is 31.2. The molecule has 6 nitrogen and oxygen atoms in total. The van der Waals surface area contributed by atoms with Gasteiger partial charge in [0.05, 0.1) is 6.42 Å². The van der Waals surface area contributed by atoms with Crippen LogP contribution in [0.1, 0.15) is 19.8 Å². The van der Waals surface area contributed by atoms with Crippen molar-refractivity contribution in [3.05, 3.63) is 0 Å². The Bertz CT molecular complexity index is 221. The van der Waals surface area contributed by atoms with Crippen molar-refractivity contribution in [1.29, 1.82) is 0 Å². The number of rotatable bonds is 4. The molecule has 0 aromatic rings. The van der Waals surface area contributed by atoms with E-state index in [1.807, 2.05) is 0 Å². The molecular formula is C7H10O6. The number of aliphatic hydroxyl groups is 1. The summed E-state index contributed by atoms with van der Waals surface area (Å²) in [5.74, 6) is -3.31. The Morgan fingerprint density at radius 3 is 2.23 bits per heavy atom. The van der Waals surface area contributed by atoms with Crippen LogP contribution >= 0.6 is 0 Å². The van der Waals surface area contributed by atoms with Crippen LogP contribution in [0.5, 0.6) is 0 Å². The van der Waals surface area contributed by atoms with Crippen molar-refractivity contribution >= 4 is 17.9 Å². The second-order valence-corrected chi connectivity index (χ2v) is 2.26. The lowest BCUT2D eigenvalue weighted by molar-refractivity contribution is -0.164. The first kappa shape index (κ1) is 11.6. The molecule has 0 rings (SSSR count). The van der Waals surface area contributed by atoms with Gasteiger partial charge in [0, 0.05) is 6.42 Å². The van der Waals surface area contributed by atoms with Crippen LogP contribution in [0.4, 0.5) is 0 Å². The molecule has 0 amide bonds. The van der Waals surface area contributed by atoms with Gasteiger partial charge in [-0.25, -0.2) is 4.79 Å². The van der Waals surface area contributed by atoms with Crippen molar-refractivity contribution in [2.45, 2.75) is 25.9 Å². The van der Waals surface area contributed by atoms with Crippen molar-refractivity contribution < 1.29 is 29.3 Å². The molecular weight excluding hydrogens is 180 g/mol. The Balaban J connectivity index is 3.88. The zero-order valence-electron chi connectivity index (χ0n) is 7.02. The second-order valence-electron chi connectivity index (χ2n) is 2.26. The Morgan fingerprint density at radius 2 is 1.85 bits per heavy atom. The number of hydrogen-bond acceptors (Lipinski definition) is 5. The van der Waals surface area contributed by atoms with Crippen molar-refractivity contribution in [3.63, 3.8) is 0 Å². The molecule has 0 bridgehead atoms. The maximum Gasteiger partial charge on any atom is 0.333 e. The predicted octanol–water partition coefficient (Wildman–Crippen LogP) is -0.698. The SMILES string of the molecule is CCC(=O)OC(=O)CC(O)C(=O)O. The Hall–Kier alpha value is -1.43. The lowest BCUT2D eigenvalue weighted by Gasteiger charge is -2.03. The number of esters is 2. The minimum atomic E-state index is -1.82. The van der Waals surface area contributed by atoms with E-state index in [1.54, 1.807) is 0 Å². The smallest absolute Gasteiger partial charge is 0.333 e. The molecule has 0 heterocycles. The number of aliphatic hydroxyl groups excluding tert-OH is 1. The third-order valence-electron chi connectivity index (χ3n) is 1.16. The number of aliphatic carboxylic acids is 1. The minimum absolute atomic E-state index is 0.0227. The van der Waals surface area contributed by atoms with Crippen LogP contribution in [-0.2, 0) is 19.1 Å². The first-order valence-corrected chi connectivity index (χ1v) is 3.61. The van der Waals surface area contributed by atoms with Gasteiger partial charge < -0.3 is 14.9 Å². The molecule has 0 aliphatic heterocycles. The Kier molecular flexibility index (Phi) is 4.68. The van der Waals surface area contributed by atoms with Crippen LogP contribution in [0.2, 0.25) is 0 Å². The highest BCUT2D eigenvalue weighted by Gasteiger charge is 2.20. The molecule has 1 unspecified atom stereocenters. The zero-order valence-corrected chi connectivity index (χ0v) is 7.02. The number of ether oxygens (including phenoxy) is 1. The van der Waals surface area contributed by atoms with Gasteiger partial charge in [0.1, 0.15) is 0 Å². The Labute approximate surface area is 74.1 Å². The summed E-state index contributed by atoms with van der Waals surface area (Å²) in [6.45, 7) is 1.49. The monoisotopic (exact) mass is 190 g/mol. The van der Waals surface area contributed by atoms with E-state index in [0.717, 1.165) is 0 Å². The van der Waals surface area contributed by atoms with Crippen molar-refractivity contribution in [2.24, 2.45) is 0 Å². The fraction of sp³-hybridized carbons (Fsp3) is 0.571. The number of hydrogen-bond donors (Lipinski definition) is 2. The molecule has 0 saturated carbocycles. The molecule has 74 valence electrons. The molecule has 0 spiro atoms. The van der Waals surface area contributed by atoms with E-state index in [2.05, 4.69) is 4.74 Å². The number of carboxylic acid groups (broad SMARTS) is 1. The molecule has 0 aliphatic carbocycles. The van der Waals surface area contributed by atoms with Crippen LogP contribution < -0.4 is 0 Å². The standard InChI is InChI=1S/C7H10O6/c1-2-5(9)13-6(10)3-4(8)7(11)12/h4,8H,2-3H2,1H3,(H,11,12). The number of carbonyl (C=O) groups is 3. The van der Waals surface area contributed by atoms with Gasteiger partial charge in [-0.05, 0) is 0 Å². The third-order valence-corrected chi connectivity index (χ3v) is 1.16. The van der Waals surface area contributed by atoms with Gasteiger partial charge in [0.25, 0.3) is 0 Å². The highest BCUT2D eigenvalue weighted by atomic mass is 16.6. The molecule has 1 atom stereocenters. The van der Waals surface area contributed by atoms with Gasteiger partial charge in [0.15, 0.2) is 6.10 Å². The minimum Gasteiger partial charge on any atom is -0.479 e. The molecule has 0 radical (unpaired) electrons. The topological polar surface area (TPSA) is 101 Å². The van der Waals surface area contributed by atoms with Gasteiger partial charge >= 0.3 is 17.9 Å². The summed E-state index contributed by atoms with van der Waals surface area (Å²) in [6.07, 6.45) is -2.52. The summed E-state index contributed by atoms with van der Waals surface area (Å²) in [6, 6.07) is 0. The van der Waals surface area contributed by atoms with Crippen LogP contribution in [0, 0.1) is 0 Å². The molecule has 0 aromatic heterocycles. The van der Waals surface area contributed by atoms with Crippen LogP contribution in [0.15, 0.2) is 0 Å². The maximum absolute atomic E-state index is 10.7. The van der Waals surface area contributed by atoms with Gasteiger partial charge in [-0.15, -0.1) is 0 Å². The average molecular weight is 190 g/mol. The summed E-state index contributed by atoms with van der Waals surface area (Å²) < 4.78 is 4.12. The van der Waals surface area contributed by atoms with Crippen molar-refractivity contribution in [2.75, 3.05) is 0 Å². The van der Waals surface area contributed by atoms with Crippen LogP contribution in [0.25, 0.3) is 0 Å². The number of carboxylic acids is 1. The molecule has 6 heteroatoms. The lowest BCUT2D eigenvalue weighted by Crippen LogP contribution is -2.25. The third kappa shape index (κ3) is 4.91. The Morgan fingerprint density at radius 1 is 1.31 bits per heavy atom. The zero-order chi connectivity index (χ0) is 10.4. The quantitative estimate of drug-likeness (QED) is 0.449. The first-order valence-electron chi connectivity index (χ1n) is 3.61. The normalized spacial score (nSPS) is 11.8. The van der Waals surface area contributed by atoms with Gasteiger partial charge in [-0.2, -0.15) is 0 Å². The average Bonchev–Trinajstić information content (AvgIpc) is 2.03. The molecule has 0 fully saturated rings. The van der Waals surface area contributed by atoms with E-state index >= 15 is 0 Å². The largest absolute Gasteiger partial charge is 0.479 e. The van der Waals surface area contributed by atoms with E-state index in [9.17, 15) is 14.4 Å². The van der Waals surface area contributed by atoms with Crippen molar-refractivity contribution in [1.82, 2.24) is 0 Å². The van der Waals surface area contributed by atoms with Crippen LogP contribution in [0.3, 0.4) is 0 Å². The van der Waals surface area contributed by atoms with E-state index in [1.165, 1.54) is 6.92 Å². The van der Waals surface area contributed by atoms with Gasteiger partial charge in [-0.3, -0.25) is 9.59 Å². The molecule has 0 saturated heterocycles. The van der Waals surface area contributed by atoms with Gasteiger partial charge in [0.2, 0.25) is 0 Å². The second kappa shape index (κ2) is 5.26. The number of carbonyl (C=O) groups excluding carboxylic acids is 2.